The number of benzene rings is 2. The van der Waals surface area contributed by atoms with Gasteiger partial charge in [-0.3, -0.25) is 9.69 Å². The van der Waals surface area contributed by atoms with Gasteiger partial charge in [0.15, 0.2) is 17.6 Å². The zero-order valence-electron chi connectivity index (χ0n) is 13.6. The molecule has 23 heavy (non-hydrogen) atoms. The van der Waals surface area contributed by atoms with Crippen molar-refractivity contribution in [1.82, 2.24) is 0 Å². The van der Waals surface area contributed by atoms with E-state index < -0.39 is 0 Å². The lowest BCUT2D eigenvalue weighted by Crippen LogP contribution is -3.11. The van der Waals surface area contributed by atoms with E-state index in [1.807, 2.05) is 30.3 Å². The predicted molar refractivity (Wildman–Crippen MR) is 89.8 cm³/mol. The molecule has 0 fully saturated rings. The number of Topliss-reactive ketones (excluding diaryl/α,β-unsaturated/α-hetero) is 1. The fraction of sp³-hybridized carbons (Fsp3) is 0.316. The highest BCUT2D eigenvalue weighted by Crippen LogP contribution is 2.30. The molecule has 1 aliphatic rings. The molecule has 122 valence electrons. The molecule has 0 aliphatic carbocycles. The number of quaternary nitrogens is 1. The Balaban J connectivity index is 0.00000192. The van der Waals surface area contributed by atoms with Crippen molar-refractivity contribution in [2.75, 3.05) is 18.0 Å². The molecule has 4 heteroatoms. The van der Waals surface area contributed by atoms with Crippen molar-refractivity contribution in [1.29, 1.82) is 0 Å². The first-order valence-electron chi connectivity index (χ1n) is 8.06. The quantitative estimate of drug-likeness (QED) is 0.724. The van der Waals surface area contributed by atoms with Crippen LogP contribution in [0.4, 0.5) is 11.4 Å². The summed E-state index contributed by atoms with van der Waals surface area (Å²) in [6.45, 7) is 5.89. The molecule has 0 spiro atoms. The van der Waals surface area contributed by atoms with Gasteiger partial charge in [0.1, 0.15) is 5.69 Å². The van der Waals surface area contributed by atoms with Crippen LogP contribution >= 0.6 is 0 Å². The van der Waals surface area contributed by atoms with Crippen molar-refractivity contribution < 1.29 is 26.7 Å². The Morgan fingerprint density at radius 2 is 1.70 bits per heavy atom. The zero-order valence-corrected chi connectivity index (χ0v) is 15.2. The highest BCUT2D eigenvalue weighted by molar-refractivity contribution is 5.99. The molecule has 1 heterocycles. The average Bonchev–Trinajstić information content (AvgIpc) is 2.88. The topological polar surface area (TPSA) is 24.8 Å². The Bertz CT molecular complexity index is 659. The van der Waals surface area contributed by atoms with Gasteiger partial charge in [0, 0.05) is 18.1 Å². The van der Waals surface area contributed by atoms with Crippen LogP contribution in [-0.2, 0) is 0 Å². The Labute approximate surface area is 148 Å². The minimum absolute atomic E-state index is 0. The molecule has 0 bridgehead atoms. The van der Waals surface area contributed by atoms with E-state index in [-0.39, 0.29) is 22.8 Å². The van der Waals surface area contributed by atoms with Crippen LogP contribution in [0, 0.1) is 0 Å². The van der Waals surface area contributed by atoms with E-state index in [1.54, 1.807) is 0 Å². The summed E-state index contributed by atoms with van der Waals surface area (Å²) in [6.07, 6.45) is 1.37. The number of anilines is 1. The second kappa shape index (κ2) is 7.75. The number of fused-ring (bicyclic) bond motifs is 1. The Kier molecular flexibility index (Phi) is 5.97. The number of ketones is 1. The lowest BCUT2D eigenvalue weighted by molar-refractivity contribution is -0.851. The molecular formula is C19H23BrN2O. The maximum absolute atomic E-state index is 12.6. The van der Waals surface area contributed by atoms with Gasteiger partial charge in [-0.15, -0.1) is 0 Å². The molecule has 0 amide bonds. The molecule has 0 radical (unpaired) electrons. The normalized spacial score (nSPS) is 19.1. The zero-order chi connectivity index (χ0) is 15.5. The number of hydrogen-bond acceptors (Lipinski definition) is 2. The van der Waals surface area contributed by atoms with E-state index in [4.69, 9.17) is 0 Å². The highest BCUT2D eigenvalue weighted by atomic mass is 79.9. The molecule has 3 nitrogen and oxygen atoms in total. The summed E-state index contributed by atoms with van der Waals surface area (Å²) in [5.41, 5.74) is 3.31. The number of carbonyl (C=O) groups excluding carboxylic acids is 1. The molecule has 2 unspecified atom stereocenters. The van der Waals surface area contributed by atoms with Gasteiger partial charge in [0.05, 0.1) is 13.1 Å². The highest BCUT2D eigenvalue weighted by Gasteiger charge is 2.39. The smallest absolute Gasteiger partial charge is 0.182 e. The second-order valence-electron chi connectivity index (χ2n) is 5.74. The van der Waals surface area contributed by atoms with E-state index in [0.29, 0.717) is 12.7 Å². The van der Waals surface area contributed by atoms with Crippen molar-refractivity contribution in [2.24, 2.45) is 0 Å². The number of nitrogens with zero attached hydrogens (tertiary/aromatic N) is 1. The summed E-state index contributed by atoms with van der Waals surface area (Å²) >= 11 is 0. The number of hydrogen-bond donors (Lipinski definition) is 1. The monoisotopic (exact) mass is 374 g/mol. The Morgan fingerprint density at radius 1 is 1.04 bits per heavy atom. The minimum atomic E-state index is 0. The van der Waals surface area contributed by atoms with Gasteiger partial charge in [-0.1, -0.05) is 49.4 Å². The summed E-state index contributed by atoms with van der Waals surface area (Å²) in [6, 6.07) is 18.1. The van der Waals surface area contributed by atoms with Crippen LogP contribution in [0.5, 0.6) is 0 Å². The Hall–Kier alpha value is -1.65. The molecule has 2 atom stereocenters. The number of halogens is 1. The van der Waals surface area contributed by atoms with Crippen LogP contribution in [0.25, 0.3) is 0 Å². The van der Waals surface area contributed by atoms with Gasteiger partial charge in [0.2, 0.25) is 0 Å². The summed E-state index contributed by atoms with van der Waals surface area (Å²) in [5.74, 6) is 0.186. The fourth-order valence-electron chi connectivity index (χ4n) is 3.49. The fourth-order valence-corrected chi connectivity index (χ4v) is 3.49. The van der Waals surface area contributed by atoms with Gasteiger partial charge < -0.3 is 21.9 Å². The number of para-hydroxylation sites is 2. The maximum Gasteiger partial charge on any atom is 0.182 e. The molecule has 0 aromatic heterocycles. The van der Waals surface area contributed by atoms with Crippen LogP contribution in [0.3, 0.4) is 0 Å². The van der Waals surface area contributed by atoms with Crippen LogP contribution < -0.4 is 26.8 Å². The van der Waals surface area contributed by atoms with Gasteiger partial charge >= 0.3 is 0 Å². The van der Waals surface area contributed by atoms with Crippen molar-refractivity contribution in [3.05, 3.63) is 60.2 Å². The van der Waals surface area contributed by atoms with E-state index in [9.17, 15) is 4.79 Å². The van der Waals surface area contributed by atoms with E-state index in [2.05, 4.69) is 43.0 Å². The summed E-state index contributed by atoms with van der Waals surface area (Å²) in [4.78, 5) is 16.4. The van der Waals surface area contributed by atoms with Crippen LogP contribution in [0.1, 0.15) is 30.6 Å². The van der Waals surface area contributed by atoms with Gasteiger partial charge in [-0.25, -0.2) is 0 Å². The van der Waals surface area contributed by atoms with Crippen LogP contribution in [-0.4, -0.2) is 25.0 Å². The predicted octanol–water partition coefficient (Wildman–Crippen LogP) is -0.334. The van der Waals surface area contributed by atoms with Crippen molar-refractivity contribution in [2.45, 2.75) is 26.4 Å². The largest absolute Gasteiger partial charge is 1.00 e. The first kappa shape index (κ1) is 17.7. The van der Waals surface area contributed by atoms with Crippen molar-refractivity contribution in [3.63, 3.8) is 0 Å². The van der Waals surface area contributed by atoms with Gasteiger partial charge in [0.25, 0.3) is 0 Å². The number of nitrogens with one attached hydrogen (secondary N) is 1. The molecule has 2 aromatic carbocycles. The summed E-state index contributed by atoms with van der Waals surface area (Å²) in [7, 11) is 0. The molecular weight excluding hydrogens is 352 g/mol. The first-order valence-corrected chi connectivity index (χ1v) is 8.06. The lowest BCUT2D eigenvalue weighted by atomic mass is 10.1. The standard InChI is InChI=1S/C19H22N2O.BrH/c1-3-19-20(4-2)16-12-8-9-13-17(16)21(19)14-18(22)15-10-6-5-7-11-15;/h5-13,19H,3-4,14H2,1-2H3;1H. The lowest BCUT2D eigenvalue weighted by Gasteiger charge is -2.26. The molecule has 0 saturated heterocycles. The second-order valence-corrected chi connectivity index (χ2v) is 5.74. The molecule has 1 aliphatic heterocycles. The van der Waals surface area contributed by atoms with E-state index in [1.165, 1.54) is 16.3 Å². The average molecular weight is 375 g/mol. The third kappa shape index (κ3) is 3.33. The SMILES string of the molecule is CCC1N(CC(=O)c2ccccc2)c2ccccc2[NH+]1CC.[Br-]. The van der Waals surface area contributed by atoms with Gasteiger partial charge in [-0.2, -0.15) is 0 Å². The summed E-state index contributed by atoms with van der Waals surface area (Å²) in [5, 5.41) is 0. The molecule has 3 rings (SSSR count). The molecule has 2 aromatic rings. The number of carbonyl (C=O) groups is 1. The molecule has 0 saturated carbocycles. The molecule has 1 N–H and O–H groups in total. The Morgan fingerprint density at radius 3 is 2.35 bits per heavy atom. The third-order valence-corrected chi connectivity index (χ3v) is 4.52. The maximum atomic E-state index is 12.6. The number of rotatable bonds is 5. The minimum Gasteiger partial charge on any atom is -1.00 e. The van der Waals surface area contributed by atoms with Crippen LogP contribution in [0.15, 0.2) is 54.6 Å². The van der Waals surface area contributed by atoms with Crippen molar-refractivity contribution in [3.8, 4) is 0 Å². The van der Waals surface area contributed by atoms with Crippen molar-refractivity contribution >= 4 is 17.2 Å². The summed E-state index contributed by atoms with van der Waals surface area (Å²) < 4.78 is 0. The van der Waals surface area contributed by atoms with Crippen LogP contribution in [0.2, 0.25) is 0 Å². The third-order valence-electron chi connectivity index (χ3n) is 4.52. The van der Waals surface area contributed by atoms with E-state index in [0.717, 1.165) is 18.5 Å². The first-order chi connectivity index (χ1) is 10.8. The van der Waals surface area contributed by atoms with E-state index >= 15 is 0 Å². The van der Waals surface area contributed by atoms with Gasteiger partial charge in [-0.05, 0) is 13.0 Å².